The largest absolute Gasteiger partial charge is 0.352 e. The van der Waals surface area contributed by atoms with Gasteiger partial charge >= 0.3 is 0 Å². The van der Waals surface area contributed by atoms with Crippen molar-refractivity contribution in [1.29, 1.82) is 0 Å². The Balaban J connectivity index is 2.37. The molecule has 3 N–H and O–H groups in total. The highest BCUT2D eigenvalue weighted by molar-refractivity contribution is 5.89. The van der Waals surface area contributed by atoms with Gasteiger partial charge in [0, 0.05) is 6.04 Å². The monoisotopic (exact) mass is 185 g/mol. The molecular weight excluding hydrogens is 170 g/mol. The van der Waals surface area contributed by atoms with Crippen LogP contribution in [0.4, 0.5) is 0 Å². The molecule has 0 bridgehead atoms. The minimum absolute atomic E-state index is 0.0862. The van der Waals surface area contributed by atoms with E-state index in [0.29, 0.717) is 6.42 Å². The number of likely N-dealkylation sites (N-methyl/N-ethyl adjacent to an activating group) is 1. The molecule has 1 heterocycles. The Hall–Kier alpha value is -1.10. The predicted octanol–water partition coefficient (Wildman–Crippen LogP) is -1.40. The zero-order valence-electron chi connectivity index (χ0n) is 7.89. The van der Waals surface area contributed by atoms with Gasteiger partial charge < -0.3 is 16.0 Å². The lowest BCUT2D eigenvalue weighted by atomic mass is 10.2. The third-order valence-corrected chi connectivity index (χ3v) is 1.97. The second kappa shape index (κ2) is 4.23. The molecule has 74 valence electrons. The normalized spacial score (nSPS) is 27.1. The molecule has 0 spiro atoms. The summed E-state index contributed by atoms with van der Waals surface area (Å²) in [6.07, 6.45) is 0.675. The van der Waals surface area contributed by atoms with Crippen molar-refractivity contribution in [1.82, 2.24) is 16.0 Å². The van der Waals surface area contributed by atoms with Gasteiger partial charge in [0.1, 0.15) is 6.04 Å². The van der Waals surface area contributed by atoms with E-state index >= 15 is 0 Å². The molecule has 0 aliphatic carbocycles. The standard InChI is InChI=1S/C8H15N3O2/c1-5-3-6(8(13)10-5)11-7(12)4-9-2/h5-6,9H,3-4H2,1-2H3,(H,10,13)(H,11,12). The molecule has 0 radical (unpaired) electrons. The van der Waals surface area contributed by atoms with Crippen molar-refractivity contribution < 1.29 is 9.59 Å². The molecule has 1 aliphatic heterocycles. The van der Waals surface area contributed by atoms with Crippen LogP contribution in [0.3, 0.4) is 0 Å². The van der Waals surface area contributed by atoms with E-state index in [1.807, 2.05) is 6.92 Å². The van der Waals surface area contributed by atoms with Crippen molar-refractivity contribution >= 4 is 11.8 Å². The average molecular weight is 185 g/mol. The smallest absolute Gasteiger partial charge is 0.242 e. The molecule has 2 atom stereocenters. The van der Waals surface area contributed by atoms with E-state index in [0.717, 1.165) is 0 Å². The van der Waals surface area contributed by atoms with E-state index in [1.165, 1.54) is 0 Å². The van der Waals surface area contributed by atoms with Gasteiger partial charge in [-0.2, -0.15) is 0 Å². The fraction of sp³-hybridized carbons (Fsp3) is 0.750. The van der Waals surface area contributed by atoms with Gasteiger partial charge in [0.2, 0.25) is 11.8 Å². The average Bonchev–Trinajstić information content (AvgIpc) is 2.30. The third kappa shape index (κ3) is 2.69. The van der Waals surface area contributed by atoms with Crippen LogP contribution in [0.15, 0.2) is 0 Å². The number of nitrogens with one attached hydrogen (secondary N) is 3. The Morgan fingerprint density at radius 2 is 2.38 bits per heavy atom. The molecule has 5 heteroatoms. The van der Waals surface area contributed by atoms with Crippen molar-refractivity contribution in [2.45, 2.75) is 25.4 Å². The van der Waals surface area contributed by atoms with Gasteiger partial charge in [-0.15, -0.1) is 0 Å². The summed E-state index contributed by atoms with van der Waals surface area (Å²) in [5.74, 6) is -0.228. The number of carbonyl (C=O) groups is 2. The van der Waals surface area contributed by atoms with Gasteiger partial charge in [-0.25, -0.2) is 0 Å². The number of hydrogen-bond donors (Lipinski definition) is 3. The van der Waals surface area contributed by atoms with E-state index in [-0.39, 0.29) is 30.4 Å². The summed E-state index contributed by atoms with van der Waals surface area (Å²) in [4.78, 5) is 22.3. The fourth-order valence-corrected chi connectivity index (χ4v) is 1.39. The Morgan fingerprint density at radius 3 is 2.85 bits per heavy atom. The molecule has 5 nitrogen and oxygen atoms in total. The first-order valence-electron chi connectivity index (χ1n) is 4.38. The van der Waals surface area contributed by atoms with E-state index < -0.39 is 0 Å². The van der Waals surface area contributed by atoms with Crippen LogP contribution < -0.4 is 16.0 Å². The minimum atomic E-state index is -0.351. The summed E-state index contributed by atoms with van der Waals surface area (Å²) in [6.45, 7) is 2.17. The number of amides is 2. The summed E-state index contributed by atoms with van der Waals surface area (Å²) >= 11 is 0. The Bertz CT molecular complexity index is 217. The van der Waals surface area contributed by atoms with E-state index in [9.17, 15) is 9.59 Å². The van der Waals surface area contributed by atoms with E-state index in [2.05, 4.69) is 16.0 Å². The second-order valence-corrected chi connectivity index (χ2v) is 3.30. The molecule has 1 saturated heterocycles. The van der Waals surface area contributed by atoms with Crippen LogP contribution in [-0.4, -0.2) is 37.5 Å². The van der Waals surface area contributed by atoms with Crippen LogP contribution in [0.25, 0.3) is 0 Å². The summed E-state index contributed by atoms with van der Waals surface area (Å²) in [5.41, 5.74) is 0. The SMILES string of the molecule is CNCC(=O)NC1CC(C)NC1=O. The molecular formula is C8H15N3O2. The summed E-state index contributed by atoms with van der Waals surface area (Å²) in [6, 6.07) is -0.191. The Labute approximate surface area is 77.3 Å². The lowest BCUT2D eigenvalue weighted by molar-refractivity contribution is -0.126. The first-order valence-corrected chi connectivity index (χ1v) is 4.38. The molecule has 1 fully saturated rings. The van der Waals surface area contributed by atoms with Crippen LogP contribution in [0.5, 0.6) is 0 Å². The van der Waals surface area contributed by atoms with Crippen molar-refractivity contribution in [2.75, 3.05) is 13.6 Å². The van der Waals surface area contributed by atoms with Crippen LogP contribution in [0.2, 0.25) is 0 Å². The van der Waals surface area contributed by atoms with Crippen molar-refractivity contribution in [2.24, 2.45) is 0 Å². The molecule has 1 aliphatic rings. The molecule has 0 aromatic carbocycles. The van der Waals surface area contributed by atoms with Crippen molar-refractivity contribution in [3.8, 4) is 0 Å². The van der Waals surface area contributed by atoms with Gasteiger partial charge in [-0.1, -0.05) is 0 Å². The van der Waals surface area contributed by atoms with Gasteiger partial charge in [0.15, 0.2) is 0 Å². The number of hydrogen-bond acceptors (Lipinski definition) is 3. The van der Waals surface area contributed by atoms with Gasteiger partial charge in [-0.3, -0.25) is 9.59 Å². The lowest BCUT2D eigenvalue weighted by Gasteiger charge is -2.08. The Kier molecular flexibility index (Phi) is 3.25. The number of carbonyl (C=O) groups excluding carboxylic acids is 2. The van der Waals surface area contributed by atoms with Crippen molar-refractivity contribution in [3.63, 3.8) is 0 Å². The van der Waals surface area contributed by atoms with Gasteiger partial charge in [-0.05, 0) is 20.4 Å². The zero-order valence-corrected chi connectivity index (χ0v) is 7.89. The highest BCUT2D eigenvalue weighted by Crippen LogP contribution is 2.06. The van der Waals surface area contributed by atoms with Gasteiger partial charge in [0.25, 0.3) is 0 Å². The predicted molar refractivity (Wildman–Crippen MR) is 48.1 cm³/mol. The second-order valence-electron chi connectivity index (χ2n) is 3.30. The van der Waals surface area contributed by atoms with Crippen LogP contribution in [0, 0.1) is 0 Å². The topological polar surface area (TPSA) is 70.2 Å². The third-order valence-electron chi connectivity index (χ3n) is 1.97. The quantitative estimate of drug-likeness (QED) is 0.506. The summed E-state index contributed by atoms with van der Waals surface area (Å²) < 4.78 is 0. The maximum Gasteiger partial charge on any atom is 0.242 e. The van der Waals surface area contributed by atoms with E-state index in [1.54, 1.807) is 7.05 Å². The first kappa shape index (κ1) is 9.98. The summed E-state index contributed by atoms with van der Waals surface area (Å²) in [7, 11) is 1.69. The fourth-order valence-electron chi connectivity index (χ4n) is 1.39. The molecule has 13 heavy (non-hydrogen) atoms. The van der Waals surface area contributed by atoms with Crippen molar-refractivity contribution in [3.05, 3.63) is 0 Å². The van der Waals surface area contributed by atoms with Gasteiger partial charge in [0.05, 0.1) is 6.54 Å². The molecule has 0 saturated carbocycles. The summed E-state index contributed by atoms with van der Waals surface area (Å²) in [5, 5.41) is 8.11. The first-order chi connectivity index (χ1) is 6.13. The van der Waals surface area contributed by atoms with E-state index in [4.69, 9.17) is 0 Å². The van der Waals surface area contributed by atoms with Crippen LogP contribution >= 0.6 is 0 Å². The zero-order chi connectivity index (χ0) is 9.84. The van der Waals surface area contributed by atoms with Crippen LogP contribution in [0.1, 0.15) is 13.3 Å². The highest BCUT2D eigenvalue weighted by atomic mass is 16.2. The maximum absolute atomic E-state index is 11.2. The molecule has 2 unspecified atom stereocenters. The maximum atomic E-state index is 11.2. The Morgan fingerprint density at radius 1 is 1.69 bits per heavy atom. The number of rotatable bonds is 3. The molecule has 1 rings (SSSR count). The minimum Gasteiger partial charge on any atom is -0.352 e. The van der Waals surface area contributed by atoms with Crippen LogP contribution in [-0.2, 0) is 9.59 Å². The molecule has 0 aromatic heterocycles. The lowest BCUT2D eigenvalue weighted by Crippen LogP contribution is -2.43. The highest BCUT2D eigenvalue weighted by Gasteiger charge is 2.29. The molecule has 0 aromatic rings. The molecule has 2 amide bonds.